The molecule has 0 rings (SSSR count). The van der Waals surface area contributed by atoms with E-state index in [1.54, 1.807) is 0 Å². The number of carboxylic acid groups (broad SMARTS) is 1. The Labute approximate surface area is 414 Å². The third kappa shape index (κ3) is 48.1. The highest BCUT2D eigenvalue weighted by Crippen LogP contribution is 2.16. The number of carboxylic acids is 1. The molecule has 390 valence electrons. The molecule has 0 amide bonds. The number of hydrogen-bond donors (Lipinski definition) is 0. The van der Waals surface area contributed by atoms with Gasteiger partial charge in [-0.1, -0.05) is 217 Å². The normalized spacial score (nSPS) is 13.1. The highest BCUT2D eigenvalue weighted by molar-refractivity contribution is 5.70. The zero-order valence-electron chi connectivity index (χ0n) is 44.6. The van der Waals surface area contributed by atoms with Gasteiger partial charge in [-0.2, -0.15) is 0 Å². The van der Waals surface area contributed by atoms with Crippen LogP contribution in [-0.4, -0.2) is 75.5 Å². The van der Waals surface area contributed by atoms with Gasteiger partial charge in [-0.25, -0.2) is 0 Å². The lowest BCUT2D eigenvalue weighted by Crippen LogP contribution is -2.55. The Morgan fingerprint density at radius 1 is 0.463 bits per heavy atom. The maximum absolute atomic E-state index is 12.8. The zero-order valence-corrected chi connectivity index (χ0v) is 44.6. The summed E-state index contributed by atoms with van der Waals surface area (Å²) in [7, 11) is 5.42. The van der Waals surface area contributed by atoms with Gasteiger partial charge in [0.2, 0.25) is 0 Å². The monoisotopic (exact) mass is 942 g/mol. The van der Waals surface area contributed by atoms with Crippen LogP contribution in [-0.2, 0) is 28.6 Å². The molecule has 0 N–H and O–H groups in total. The highest BCUT2D eigenvalue weighted by atomic mass is 16.6. The molecule has 8 heteroatoms. The molecular weight excluding hydrogens is 835 g/mol. The van der Waals surface area contributed by atoms with Crippen molar-refractivity contribution in [2.75, 3.05) is 41.0 Å². The number of rotatable bonds is 51. The van der Waals surface area contributed by atoms with Crippen LogP contribution >= 0.6 is 0 Å². The van der Waals surface area contributed by atoms with Gasteiger partial charge in [0.25, 0.3) is 0 Å². The summed E-state index contributed by atoms with van der Waals surface area (Å²) >= 11 is 0. The molecule has 0 aliphatic rings. The van der Waals surface area contributed by atoms with Crippen LogP contribution in [0.4, 0.5) is 0 Å². The number of carbonyl (C=O) groups is 3. The SMILES string of the molecule is CC/C=C/C/C=C/C/C=C/CCCCCCCCCCCCCCCC(=O)OCC(COCCC(C(=O)[O-])[N+](C)(C)C)OC(=O)CCCCCCCCC/C=C/CCCCCCCCCCC. The second kappa shape index (κ2) is 49.7. The molecule has 0 aromatic carbocycles. The Bertz CT molecular complexity index is 1230. The topological polar surface area (TPSA) is 102 Å². The van der Waals surface area contributed by atoms with E-state index >= 15 is 0 Å². The fourth-order valence-corrected chi connectivity index (χ4v) is 8.38. The number of carbonyl (C=O) groups excluding carboxylic acids is 3. The third-order valence-electron chi connectivity index (χ3n) is 12.7. The van der Waals surface area contributed by atoms with E-state index in [2.05, 4.69) is 62.5 Å². The Morgan fingerprint density at radius 3 is 1.25 bits per heavy atom. The molecule has 2 atom stereocenters. The first-order chi connectivity index (χ1) is 32.6. The van der Waals surface area contributed by atoms with Crippen LogP contribution < -0.4 is 5.11 Å². The van der Waals surface area contributed by atoms with Gasteiger partial charge in [-0.05, 0) is 70.6 Å². The lowest BCUT2D eigenvalue weighted by atomic mass is 10.0. The summed E-state index contributed by atoms with van der Waals surface area (Å²) in [5.74, 6) is -1.73. The van der Waals surface area contributed by atoms with Gasteiger partial charge in [0, 0.05) is 19.3 Å². The maximum atomic E-state index is 12.8. The predicted octanol–water partition coefficient (Wildman–Crippen LogP) is 15.4. The van der Waals surface area contributed by atoms with Crippen molar-refractivity contribution in [1.29, 1.82) is 0 Å². The van der Waals surface area contributed by atoms with E-state index < -0.39 is 18.1 Å². The van der Waals surface area contributed by atoms with Crippen molar-refractivity contribution in [3.8, 4) is 0 Å². The number of hydrogen-bond acceptors (Lipinski definition) is 7. The molecule has 0 aromatic heterocycles. The maximum Gasteiger partial charge on any atom is 0.306 e. The molecule has 0 saturated heterocycles. The van der Waals surface area contributed by atoms with Crippen LogP contribution in [0.2, 0.25) is 0 Å². The van der Waals surface area contributed by atoms with Gasteiger partial charge >= 0.3 is 11.9 Å². The summed E-state index contributed by atoms with van der Waals surface area (Å²) in [6.45, 7) is 4.59. The standard InChI is InChI=1S/C59H107NO7/c1-6-8-10-12-14-16-18-20-22-24-26-28-29-30-32-33-35-37-39-41-43-45-47-49-57(61)66-54-55(53-65-52-51-56(59(63)64)60(3,4)5)67-58(62)50-48-46-44-42-40-38-36-34-31-27-25-23-21-19-17-15-13-11-9-7-2/h8,10,14,16,20,22,27,31,55-56H,6-7,9,11-13,15,17-19,21,23-26,28-30,32-54H2,1-5H3/b10-8+,16-14+,22-20+,31-27+. The van der Waals surface area contributed by atoms with Gasteiger partial charge in [0.15, 0.2) is 6.10 Å². The average Bonchev–Trinajstić information content (AvgIpc) is 3.29. The minimum Gasteiger partial charge on any atom is -0.544 e. The van der Waals surface area contributed by atoms with Crippen molar-refractivity contribution in [3.05, 3.63) is 48.6 Å². The molecule has 0 aliphatic carbocycles. The number of unbranched alkanes of at least 4 members (excludes halogenated alkanes) is 29. The molecule has 0 aromatic rings. The summed E-state index contributed by atoms with van der Waals surface area (Å²) in [4.78, 5) is 37.1. The summed E-state index contributed by atoms with van der Waals surface area (Å²) in [6.07, 6.45) is 61.5. The van der Waals surface area contributed by atoms with E-state index in [4.69, 9.17) is 14.2 Å². The largest absolute Gasteiger partial charge is 0.544 e. The van der Waals surface area contributed by atoms with E-state index in [-0.39, 0.29) is 42.7 Å². The van der Waals surface area contributed by atoms with Crippen molar-refractivity contribution in [1.82, 2.24) is 0 Å². The molecule has 0 saturated carbocycles. The Kier molecular flexibility index (Phi) is 47.7. The molecule has 0 spiro atoms. The molecule has 2 unspecified atom stereocenters. The number of ether oxygens (including phenoxy) is 3. The first-order valence-electron chi connectivity index (χ1n) is 28.2. The van der Waals surface area contributed by atoms with Crippen molar-refractivity contribution >= 4 is 17.9 Å². The minimum absolute atomic E-state index is 0.0403. The second-order valence-corrected chi connectivity index (χ2v) is 20.1. The van der Waals surface area contributed by atoms with Crippen LogP contribution in [0.25, 0.3) is 0 Å². The van der Waals surface area contributed by atoms with Crippen LogP contribution in [0.15, 0.2) is 48.6 Å². The summed E-state index contributed by atoms with van der Waals surface area (Å²) in [5, 5.41) is 11.7. The lowest BCUT2D eigenvalue weighted by molar-refractivity contribution is -0.889. The molecule has 67 heavy (non-hydrogen) atoms. The molecule has 0 radical (unpaired) electrons. The van der Waals surface area contributed by atoms with Crippen molar-refractivity contribution < 1.29 is 38.2 Å². The van der Waals surface area contributed by atoms with Crippen LogP contribution in [0.1, 0.15) is 258 Å². The molecular formula is C59H107NO7. The highest BCUT2D eigenvalue weighted by Gasteiger charge is 2.25. The third-order valence-corrected chi connectivity index (χ3v) is 12.7. The Balaban J connectivity index is 4.17. The number of quaternary nitrogens is 1. The zero-order chi connectivity index (χ0) is 49.2. The van der Waals surface area contributed by atoms with E-state index in [0.29, 0.717) is 12.8 Å². The van der Waals surface area contributed by atoms with Crippen LogP contribution in [0.3, 0.4) is 0 Å². The van der Waals surface area contributed by atoms with Gasteiger partial charge in [0.05, 0.1) is 40.3 Å². The number of nitrogens with zero attached hydrogens (tertiary/aromatic N) is 1. The molecule has 0 bridgehead atoms. The Hall–Kier alpha value is -2.71. The van der Waals surface area contributed by atoms with Gasteiger partial charge < -0.3 is 28.6 Å². The number of allylic oxidation sites excluding steroid dienone is 8. The van der Waals surface area contributed by atoms with Crippen molar-refractivity contribution in [2.45, 2.75) is 270 Å². The van der Waals surface area contributed by atoms with E-state index in [1.807, 2.05) is 21.1 Å². The minimum atomic E-state index is -1.12. The molecule has 8 nitrogen and oxygen atoms in total. The quantitative estimate of drug-likeness (QED) is 0.0259. The van der Waals surface area contributed by atoms with Gasteiger partial charge in [-0.15, -0.1) is 0 Å². The number of likely N-dealkylation sites (N-methyl/N-ethyl adjacent to an activating group) is 1. The van der Waals surface area contributed by atoms with E-state index in [9.17, 15) is 19.5 Å². The molecule has 0 fully saturated rings. The van der Waals surface area contributed by atoms with Gasteiger partial charge in [-0.3, -0.25) is 9.59 Å². The van der Waals surface area contributed by atoms with Gasteiger partial charge in [0.1, 0.15) is 12.6 Å². The van der Waals surface area contributed by atoms with Crippen LogP contribution in [0.5, 0.6) is 0 Å². The molecule has 0 aliphatic heterocycles. The second-order valence-electron chi connectivity index (χ2n) is 20.1. The summed E-state index contributed by atoms with van der Waals surface area (Å²) < 4.78 is 17.3. The van der Waals surface area contributed by atoms with Crippen LogP contribution in [0, 0.1) is 0 Å². The predicted molar refractivity (Wildman–Crippen MR) is 282 cm³/mol. The van der Waals surface area contributed by atoms with Crippen molar-refractivity contribution in [3.63, 3.8) is 0 Å². The first-order valence-corrected chi connectivity index (χ1v) is 28.2. The van der Waals surface area contributed by atoms with Crippen molar-refractivity contribution in [2.24, 2.45) is 0 Å². The summed E-state index contributed by atoms with van der Waals surface area (Å²) in [5.41, 5.74) is 0. The number of esters is 2. The molecule has 0 heterocycles. The van der Waals surface area contributed by atoms with E-state index in [1.165, 1.54) is 167 Å². The fraction of sp³-hybridized carbons (Fsp3) is 0.814. The Morgan fingerprint density at radius 2 is 0.836 bits per heavy atom. The number of aliphatic carboxylic acids is 1. The smallest absolute Gasteiger partial charge is 0.306 e. The lowest BCUT2D eigenvalue weighted by Gasteiger charge is -2.34. The average molecular weight is 943 g/mol. The summed E-state index contributed by atoms with van der Waals surface area (Å²) in [6, 6.07) is -0.727. The van der Waals surface area contributed by atoms with E-state index in [0.717, 1.165) is 57.8 Å². The fourth-order valence-electron chi connectivity index (χ4n) is 8.38. The first kappa shape index (κ1) is 64.3.